The maximum atomic E-state index is 12.7. The first-order valence-electron chi connectivity index (χ1n) is 7.58. The Balaban J connectivity index is 3.10. The molecule has 0 spiro atoms. The third kappa shape index (κ3) is 5.50. The lowest BCUT2D eigenvalue weighted by Gasteiger charge is -2.48. The molecule has 0 saturated heterocycles. The summed E-state index contributed by atoms with van der Waals surface area (Å²) in [6, 6.07) is 0. The summed E-state index contributed by atoms with van der Waals surface area (Å²) in [5.41, 5.74) is -3.31. The van der Waals surface area contributed by atoms with Crippen LogP contribution in [0.15, 0.2) is 0 Å². The summed E-state index contributed by atoms with van der Waals surface area (Å²) in [6.45, 7) is 4.29. The van der Waals surface area contributed by atoms with Gasteiger partial charge in [-0.3, -0.25) is 9.59 Å². The van der Waals surface area contributed by atoms with E-state index in [-0.39, 0.29) is 0 Å². The molecule has 0 aromatic rings. The van der Waals surface area contributed by atoms with Gasteiger partial charge in [-0.05, 0) is 40.0 Å². The Labute approximate surface area is 140 Å². The Hall–Kier alpha value is -1.48. The van der Waals surface area contributed by atoms with Crippen molar-refractivity contribution in [1.29, 1.82) is 0 Å². The van der Waals surface area contributed by atoms with Crippen LogP contribution >= 0.6 is 0 Å². The van der Waals surface area contributed by atoms with Crippen LogP contribution in [0.4, 0.5) is 26.3 Å². The molecule has 4 nitrogen and oxygen atoms in total. The zero-order chi connectivity index (χ0) is 19.8. The van der Waals surface area contributed by atoms with Gasteiger partial charge in [-0.15, -0.1) is 0 Å². The molecule has 0 unspecified atom stereocenters. The van der Waals surface area contributed by atoms with Crippen molar-refractivity contribution in [3.63, 3.8) is 0 Å². The van der Waals surface area contributed by atoms with Crippen LogP contribution in [0, 0.1) is 17.3 Å². The highest BCUT2D eigenvalue weighted by Gasteiger charge is 2.64. The SMILES string of the molecule is CC(C)(C)OC(=O)[C@@H](CCC(F)(F)F)C1(C(=O)O)CC(C(F)(F)F)C1. The van der Waals surface area contributed by atoms with Gasteiger partial charge < -0.3 is 9.84 Å². The zero-order valence-electron chi connectivity index (χ0n) is 13.9. The highest BCUT2D eigenvalue weighted by molar-refractivity contribution is 5.85. The minimum atomic E-state index is -4.67. The van der Waals surface area contributed by atoms with E-state index >= 15 is 0 Å². The van der Waals surface area contributed by atoms with Gasteiger partial charge in [0, 0.05) is 6.42 Å². The Kier molecular flexibility index (Phi) is 5.76. The molecule has 0 amide bonds. The van der Waals surface area contributed by atoms with Gasteiger partial charge in [0.1, 0.15) is 5.60 Å². The van der Waals surface area contributed by atoms with E-state index in [1.807, 2.05) is 0 Å². The van der Waals surface area contributed by atoms with Gasteiger partial charge in [-0.1, -0.05) is 0 Å². The number of rotatable bonds is 5. The maximum Gasteiger partial charge on any atom is 0.391 e. The number of esters is 1. The van der Waals surface area contributed by atoms with E-state index in [0.29, 0.717) is 0 Å². The quantitative estimate of drug-likeness (QED) is 0.571. The van der Waals surface area contributed by atoms with Crippen molar-refractivity contribution in [2.75, 3.05) is 0 Å². The maximum absolute atomic E-state index is 12.7. The lowest BCUT2D eigenvalue weighted by Crippen LogP contribution is -2.56. The molecule has 10 heteroatoms. The van der Waals surface area contributed by atoms with E-state index < -0.39 is 72.8 Å². The second-order valence-corrected chi connectivity index (χ2v) is 7.35. The van der Waals surface area contributed by atoms with Crippen molar-refractivity contribution in [2.24, 2.45) is 17.3 Å². The number of carboxylic acid groups (broad SMARTS) is 1. The third-order valence-electron chi connectivity index (χ3n) is 4.18. The molecule has 1 saturated carbocycles. The van der Waals surface area contributed by atoms with Gasteiger partial charge in [-0.25, -0.2) is 0 Å². The standard InChI is InChI=1S/C15H20F6O4/c1-12(2,3)25-10(22)9(4-5-14(16,17)18)13(11(23)24)6-8(7-13)15(19,20)21/h8-9H,4-7H2,1-3H3,(H,23,24)/t8?,9-,13?/m1/s1. The highest BCUT2D eigenvalue weighted by Crippen LogP contribution is 2.58. The van der Waals surface area contributed by atoms with Gasteiger partial charge in [0.2, 0.25) is 0 Å². The molecule has 0 heterocycles. The molecule has 1 rings (SSSR count). The highest BCUT2D eigenvalue weighted by atomic mass is 19.4. The van der Waals surface area contributed by atoms with Gasteiger partial charge in [-0.2, -0.15) is 26.3 Å². The predicted molar refractivity (Wildman–Crippen MR) is 73.5 cm³/mol. The number of hydrogen-bond acceptors (Lipinski definition) is 3. The summed E-state index contributed by atoms with van der Waals surface area (Å²) < 4.78 is 80.7. The number of carbonyl (C=O) groups is 2. The molecule has 1 fully saturated rings. The van der Waals surface area contributed by atoms with E-state index in [9.17, 15) is 41.0 Å². The first-order valence-corrected chi connectivity index (χ1v) is 7.58. The largest absolute Gasteiger partial charge is 0.481 e. The first-order chi connectivity index (χ1) is 11.0. The number of ether oxygens (including phenoxy) is 1. The van der Waals surface area contributed by atoms with E-state index in [2.05, 4.69) is 0 Å². The van der Waals surface area contributed by atoms with Crippen molar-refractivity contribution in [3.8, 4) is 0 Å². The number of carboxylic acids is 1. The molecule has 1 N–H and O–H groups in total. The molecule has 1 atom stereocenters. The lowest BCUT2D eigenvalue weighted by molar-refractivity contribution is -0.238. The van der Waals surface area contributed by atoms with E-state index in [4.69, 9.17) is 4.74 Å². The molecule has 1 aliphatic carbocycles. The minimum Gasteiger partial charge on any atom is -0.481 e. The molecule has 0 aromatic carbocycles. The number of aliphatic carboxylic acids is 1. The van der Waals surface area contributed by atoms with E-state index in [0.717, 1.165) is 0 Å². The van der Waals surface area contributed by atoms with Crippen LogP contribution in [-0.2, 0) is 14.3 Å². The molecular formula is C15H20F6O4. The Bertz CT molecular complexity index is 512. The molecule has 0 aromatic heterocycles. The average Bonchev–Trinajstić information content (AvgIpc) is 2.25. The van der Waals surface area contributed by atoms with Crippen molar-refractivity contribution >= 4 is 11.9 Å². The Morgan fingerprint density at radius 2 is 1.60 bits per heavy atom. The summed E-state index contributed by atoms with van der Waals surface area (Å²) in [6.07, 6.45) is -13.6. The van der Waals surface area contributed by atoms with Crippen LogP contribution in [-0.4, -0.2) is 35.0 Å². The topological polar surface area (TPSA) is 63.6 Å². The average molecular weight is 378 g/mol. The fourth-order valence-corrected chi connectivity index (χ4v) is 2.96. The fourth-order valence-electron chi connectivity index (χ4n) is 2.96. The predicted octanol–water partition coefficient (Wildman–Crippen LogP) is 4.33. The molecule has 25 heavy (non-hydrogen) atoms. The van der Waals surface area contributed by atoms with Crippen LogP contribution < -0.4 is 0 Å². The number of carbonyl (C=O) groups excluding carboxylic acids is 1. The fraction of sp³-hybridized carbons (Fsp3) is 0.867. The van der Waals surface area contributed by atoms with Crippen LogP contribution in [0.2, 0.25) is 0 Å². The van der Waals surface area contributed by atoms with Crippen LogP contribution in [0.5, 0.6) is 0 Å². The van der Waals surface area contributed by atoms with Gasteiger partial charge in [0.05, 0.1) is 17.3 Å². The van der Waals surface area contributed by atoms with Gasteiger partial charge in [0.15, 0.2) is 0 Å². The first kappa shape index (κ1) is 21.6. The van der Waals surface area contributed by atoms with Crippen LogP contribution in [0.1, 0.15) is 46.5 Å². The molecule has 0 radical (unpaired) electrons. The summed E-state index contributed by atoms with van der Waals surface area (Å²) in [5, 5.41) is 9.36. The summed E-state index contributed by atoms with van der Waals surface area (Å²) in [4.78, 5) is 23.8. The minimum absolute atomic E-state index is 0.935. The van der Waals surface area contributed by atoms with Crippen molar-refractivity contribution < 1.29 is 45.8 Å². The normalized spacial score (nSPS) is 25.9. The van der Waals surface area contributed by atoms with E-state index in [1.54, 1.807) is 0 Å². The second-order valence-electron chi connectivity index (χ2n) is 7.35. The molecular weight excluding hydrogens is 358 g/mol. The monoisotopic (exact) mass is 378 g/mol. The number of hydrogen-bond donors (Lipinski definition) is 1. The van der Waals surface area contributed by atoms with E-state index in [1.165, 1.54) is 20.8 Å². The number of alkyl halides is 6. The smallest absolute Gasteiger partial charge is 0.391 e. The zero-order valence-corrected chi connectivity index (χ0v) is 13.9. The van der Waals surface area contributed by atoms with Crippen LogP contribution in [0.3, 0.4) is 0 Å². The Morgan fingerprint density at radius 1 is 1.12 bits per heavy atom. The van der Waals surface area contributed by atoms with Crippen molar-refractivity contribution in [3.05, 3.63) is 0 Å². The van der Waals surface area contributed by atoms with Crippen LogP contribution in [0.25, 0.3) is 0 Å². The Morgan fingerprint density at radius 3 is 1.92 bits per heavy atom. The van der Waals surface area contributed by atoms with Gasteiger partial charge in [0.25, 0.3) is 0 Å². The summed E-state index contributed by atoms with van der Waals surface area (Å²) >= 11 is 0. The summed E-state index contributed by atoms with van der Waals surface area (Å²) in [5.74, 6) is -6.70. The molecule has 0 aliphatic heterocycles. The summed E-state index contributed by atoms with van der Waals surface area (Å²) in [7, 11) is 0. The third-order valence-corrected chi connectivity index (χ3v) is 4.18. The lowest BCUT2D eigenvalue weighted by atomic mass is 9.54. The van der Waals surface area contributed by atoms with Gasteiger partial charge >= 0.3 is 24.3 Å². The molecule has 146 valence electrons. The number of halogens is 6. The molecule has 0 bridgehead atoms. The van der Waals surface area contributed by atoms with Crippen molar-refractivity contribution in [1.82, 2.24) is 0 Å². The van der Waals surface area contributed by atoms with Crippen molar-refractivity contribution in [2.45, 2.75) is 64.4 Å². The molecule has 1 aliphatic rings. The second kappa shape index (κ2) is 6.68.